The van der Waals surface area contributed by atoms with Crippen molar-refractivity contribution in [3.8, 4) is 11.4 Å². The molecule has 0 radical (unpaired) electrons. The summed E-state index contributed by atoms with van der Waals surface area (Å²) in [5.41, 5.74) is 4.03. The van der Waals surface area contributed by atoms with Gasteiger partial charge < -0.3 is 5.32 Å². The second kappa shape index (κ2) is 5.44. The predicted octanol–water partition coefficient (Wildman–Crippen LogP) is 4.06. The van der Waals surface area contributed by atoms with Crippen LogP contribution in [0.15, 0.2) is 42.6 Å². The van der Waals surface area contributed by atoms with Gasteiger partial charge in [-0.3, -0.25) is 9.38 Å². The van der Waals surface area contributed by atoms with Gasteiger partial charge in [-0.25, -0.2) is 4.98 Å². The van der Waals surface area contributed by atoms with Crippen LogP contribution >= 0.6 is 0 Å². The number of nitrogens with one attached hydrogen (secondary N) is 1. The highest BCUT2D eigenvalue weighted by atomic mass is 15.2. The molecule has 1 fully saturated rings. The van der Waals surface area contributed by atoms with Crippen molar-refractivity contribution in [3.63, 3.8) is 0 Å². The fourth-order valence-electron chi connectivity index (χ4n) is 3.33. The molecule has 1 saturated carbocycles. The number of nitrogens with zero attached hydrogens (tertiary/aromatic N) is 3. The van der Waals surface area contributed by atoms with E-state index >= 15 is 0 Å². The molecule has 4 heteroatoms. The molecule has 1 aliphatic carbocycles. The number of imidazole rings is 1. The molecule has 0 bridgehead atoms. The van der Waals surface area contributed by atoms with Gasteiger partial charge in [0.1, 0.15) is 17.2 Å². The molecule has 0 spiro atoms. The van der Waals surface area contributed by atoms with Gasteiger partial charge in [0.2, 0.25) is 0 Å². The van der Waals surface area contributed by atoms with Crippen LogP contribution in [0.3, 0.4) is 0 Å². The van der Waals surface area contributed by atoms with E-state index < -0.39 is 0 Å². The minimum Gasteiger partial charge on any atom is -0.367 e. The average molecular weight is 292 g/mol. The zero-order valence-corrected chi connectivity index (χ0v) is 12.8. The molecule has 0 aromatic carbocycles. The molecule has 3 aromatic heterocycles. The Morgan fingerprint density at radius 1 is 1.09 bits per heavy atom. The number of hydrogen-bond acceptors (Lipinski definition) is 3. The van der Waals surface area contributed by atoms with Gasteiger partial charge in [-0.15, -0.1) is 0 Å². The van der Waals surface area contributed by atoms with Crippen molar-refractivity contribution in [2.24, 2.45) is 0 Å². The molecule has 3 aromatic rings. The second-order valence-corrected chi connectivity index (χ2v) is 6.01. The van der Waals surface area contributed by atoms with Crippen molar-refractivity contribution in [1.29, 1.82) is 0 Å². The van der Waals surface area contributed by atoms with Gasteiger partial charge in [-0.05, 0) is 44.0 Å². The monoisotopic (exact) mass is 292 g/mol. The van der Waals surface area contributed by atoms with Crippen LogP contribution in [-0.4, -0.2) is 20.4 Å². The van der Waals surface area contributed by atoms with E-state index in [9.17, 15) is 0 Å². The Kier molecular flexibility index (Phi) is 3.29. The first-order valence-electron chi connectivity index (χ1n) is 7.99. The van der Waals surface area contributed by atoms with Crippen LogP contribution in [0.5, 0.6) is 0 Å². The minimum atomic E-state index is 0.543. The van der Waals surface area contributed by atoms with E-state index in [1.54, 1.807) is 0 Å². The molecule has 3 heterocycles. The lowest BCUT2D eigenvalue weighted by atomic mass is 10.2. The fourth-order valence-corrected chi connectivity index (χ4v) is 3.33. The minimum absolute atomic E-state index is 0.543. The zero-order valence-electron chi connectivity index (χ0n) is 12.8. The standard InChI is InChI=1S/C18H20N4/c1-13-7-6-11-16-21-17(15-10-4-5-12-19-15)18(22(13)16)20-14-8-2-3-9-14/h4-7,10-12,14,20H,2-3,8-9H2,1H3. The van der Waals surface area contributed by atoms with Gasteiger partial charge in [0.25, 0.3) is 0 Å². The Morgan fingerprint density at radius 2 is 1.95 bits per heavy atom. The smallest absolute Gasteiger partial charge is 0.140 e. The number of rotatable bonds is 3. The molecule has 22 heavy (non-hydrogen) atoms. The van der Waals surface area contributed by atoms with Crippen molar-refractivity contribution >= 4 is 11.5 Å². The molecular weight excluding hydrogens is 272 g/mol. The molecule has 0 aliphatic heterocycles. The first-order chi connectivity index (χ1) is 10.8. The quantitative estimate of drug-likeness (QED) is 0.791. The van der Waals surface area contributed by atoms with Crippen LogP contribution in [0.4, 0.5) is 5.82 Å². The summed E-state index contributed by atoms with van der Waals surface area (Å²) in [5.74, 6) is 1.08. The lowest BCUT2D eigenvalue weighted by Crippen LogP contribution is -2.17. The number of fused-ring (bicyclic) bond motifs is 1. The van der Waals surface area contributed by atoms with Crippen LogP contribution < -0.4 is 5.32 Å². The first kappa shape index (κ1) is 13.3. The molecule has 1 N–H and O–H groups in total. The molecule has 4 rings (SSSR count). The number of anilines is 1. The van der Waals surface area contributed by atoms with E-state index in [2.05, 4.69) is 39.8 Å². The molecule has 4 nitrogen and oxygen atoms in total. The number of aryl methyl sites for hydroxylation is 1. The molecule has 0 atom stereocenters. The summed E-state index contributed by atoms with van der Waals surface area (Å²) in [5, 5.41) is 3.73. The summed E-state index contributed by atoms with van der Waals surface area (Å²) >= 11 is 0. The van der Waals surface area contributed by atoms with Crippen LogP contribution in [-0.2, 0) is 0 Å². The summed E-state index contributed by atoms with van der Waals surface area (Å²) in [6.45, 7) is 2.12. The zero-order chi connectivity index (χ0) is 14.9. The Labute approximate surface area is 130 Å². The normalized spacial score (nSPS) is 15.5. The summed E-state index contributed by atoms with van der Waals surface area (Å²) in [6, 6.07) is 12.8. The highest BCUT2D eigenvalue weighted by Crippen LogP contribution is 2.31. The third-order valence-corrected chi connectivity index (χ3v) is 4.44. The maximum absolute atomic E-state index is 4.82. The van der Waals surface area contributed by atoms with Crippen LogP contribution in [0, 0.1) is 6.92 Å². The maximum atomic E-state index is 4.82. The predicted molar refractivity (Wildman–Crippen MR) is 89.0 cm³/mol. The molecular formula is C18H20N4. The molecule has 112 valence electrons. The van der Waals surface area contributed by atoms with E-state index in [0.717, 1.165) is 22.9 Å². The van der Waals surface area contributed by atoms with Crippen molar-refractivity contribution in [2.45, 2.75) is 38.6 Å². The molecule has 0 saturated heterocycles. The molecule has 0 amide bonds. The van der Waals surface area contributed by atoms with Gasteiger partial charge in [-0.2, -0.15) is 0 Å². The summed E-state index contributed by atoms with van der Waals surface area (Å²) in [7, 11) is 0. The fraction of sp³-hybridized carbons (Fsp3) is 0.333. The SMILES string of the molecule is Cc1cccc2nc(-c3ccccn3)c(NC3CCCC3)n12. The largest absolute Gasteiger partial charge is 0.367 e. The highest BCUT2D eigenvalue weighted by Gasteiger charge is 2.21. The van der Waals surface area contributed by atoms with E-state index in [1.807, 2.05) is 24.4 Å². The number of hydrogen-bond donors (Lipinski definition) is 1. The van der Waals surface area contributed by atoms with Crippen molar-refractivity contribution in [2.75, 3.05) is 5.32 Å². The van der Waals surface area contributed by atoms with Crippen LogP contribution in [0.1, 0.15) is 31.4 Å². The number of pyridine rings is 2. The molecule has 1 aliphatic rings. The van der Waals surface area contributed by atoms with Gasteiger partial charge >= 0.3 is 0 Å². The first-order valence-corrected chi connectivity index (χ1v) is 7.99. The maximum Gasteiger partial charge on any atom is 0.140 e. The topological polar surface area (TPSA) is 42.2 Å². The third-order valence-electron chi connectivity index (χ3n) is 4.44. The Balaban J connectivity index is 1.89. The lowest BCUT2D eigenvalue weighted by molar-refractivity contribution is 0.748. The van der Waals surface area contributed by atoms with Crippen molar-refractivity contribution in [1.82, 2.24) is 14.4 Å². The highest BCUT2D eigenvalue weighted by molar-refractivity contribution is 5.75. The second-order valence-electron chi connectivity index (χ2n) is 6.01. The Morgan fingerprint density at radius 3 is 2.73 bits per heavy atom. The molecule has 0 unspecified atom stereocenters. The summed E-state index contributed by atoms with van der Waals surface area (Å²) < 4.78 is 2.21. The van der Waals surface area contributed by atoms with Crippen molar-refractivity contribution in [3.05, 3.63) is 48.3 Å². The van der Waals surface area contributed by atoms with Crippen LogP contribution in [0.2, 0.25) is 0 Å². The van der Waals surface area contributed by atoms with E-state index in [0.29, 0.717) is 6.04 Å². The van der Waals surface area contributed by atoms with Crippen molar-refractivity contribution < 1.29 is 0 Å². The van der Waals surface area contributed by atoms with Gasteiger partial charge in [0, 0.05) is 17.9 Å². The summed E-state index contributed by atoms with van der Waals surface area (Å²) in [4.78, 5) is 9.32. The lowest BCUT2D eigenvalue weighted by Gasteiger charge is -2.15. The van der Waals surface area contributed by atoms with Gasteiger partial charge in [-0.1, -0.05) is 25.0 Å². The van der Waals surface area contributed by atoms with E-state index in [-0.39, 0.29) is 0 Å². The van der Waals surface area contributed by atoms with E-state index in [1.165, 1.54) is 31.4 Å². The summed E-state index contributed by atoms with van der Waals surface area (Å²) in [6.07, 6.45) is 6.92. The van der Waals surface area contributed by atoms with Gasteiger partial charge in [0.05, 0.1) is 5.69 Å². The number of aromatic nitrogens is 3. The van der Waals surface area contributed by atoms with Crippen LogP contribution in [0.25, 0.3) is 17.0 Å². The van der Waals surface area contributed by atoms with E-state index in [4.69, 9.17) is 4.98 Å². The Hall–Kier alpha value is -2.36. The average Bonchev–Trinajstić information content (AvgIpc) is 3.17. The Bertz CT molecular complexity index is 785. The van der Waals surface area contributed by atoms with Gasteiger partial charge in [0.15, 0.2) is 0 Å². The third kappa shape index (κ3) is 2.25.